The molecule has 1 aromatic carbocycles. The standard InChI is InChI=1S/C18H27NO2/c1-7-21-17(20)11-14(6)19-18-15(12(2)3)9-8-10-16(18)13(4)5/h8-13,19H,7H2,1-6H3/b14-11-. The summed E-state index contributed by atoms with van der Waals surface area (Å²) in [6.07, 6.45) is 1.50. The van der Waals surface area contributed by atoms with E-state index in [1.165, 1.54) is 17.2 Å². The number of allylic oxidation sites excluding steroid dienone is 1. The van der Waals surface area contributed by atoms with E-state index in [4.69, 9.17) is 4.74 Å². The molecule has 3 heteroatoms. The summed E-state index contributed by atoms with van der Waals surface area (Å²) < 4.78 is 4.95. The molecule has 0 atom stereocenters. The van der Waals surface area contributed by atoms with Crippen molar-refractivity contribution in [2.75, 3.05) is 11.9 Å². The molecule has 0 heterocycles. The number of benzene rings is 1. The highest BCUT2D eigenvalue weighted by atomic mass is 16.5. The maximum absolute atomic E-state index is 11.5. The van der Waals surface area contributed by atoms with Gasteiger partial charge in [0.05, 0.1) is 6.61 Å². The Balaban J connectivity index is 3.13. The summed E-state index contributed by atoms with van der Waals surface area (Å²) >= 11 is 0. The largest absolute Gasteiger partial charge is 0.463 e. The van der Waals surface area contributed by atoms with Gasteiger partial charge in [-0.05, 0) is 36.8 Å². The Morgan fingerprint density at radius 3 is 2.14 bits per heavy atom. The molecule has 0 fully saturated rings. The molecule has 0 radical (unpaired) electrons. The lowest BCUT2D eigenvalue weighted by atomic mass is 9.92. The van der Waals surface area contributed by atoms with Crippen molar-refractivity contribution in [2.24, 2.45) is 0 Å². The minimum Gasteiger partial charge on any atom is -0.463 e. The van der Waals surface area contributed by atoms with Crippen LogP contribution >= 0.6 is 0 Å². The Labute approximate surface area is 128 Å². The number of esters is 1. The summed E-state index contributed by atoms with van der Waals surface area (Å²) in [4.78, 5) is 11.5. The molecule has 0 bridgehead atoms. The number of nitrogens with one attached hydrogen (secondary N) is 1. The highest BCUT2D eigenvalue weighted by Crippen LogP contribution is 2.33. The Hall–Kier alpha value is -1.77. The molecule has 116 valence electrons. The summed E-state index contributed by atoms with van der Waals surface area (Å²) in [7, 11) is 0. The van der Waals surface area contributed by atoms with Crippen molar-refractivity contribution in [2.45, 2.75) is 53.4 Å². The number of ether oxygens (including phenoxy) is 1. The number of carbonyl (C=O) groups excluding carboxylic acids is 1. The first-order chi connectivity index (χ1) is 9.86. The molecule has 21 heavy (non-hydrogen) atoms. The van der Waals surface area contributed by atoms with Gasteiger partial charge in [0.2, 0.25) is 0 Å². The highest BCUT2D eigenvalue weighted by Gasteiger charge is 2.14. The Bertz CT molecular complexity index is 490. The fourth-order valence-corrected chi connectivity index (χ4v) is 2.29. The predicted octanol–water partition coefficient (Wildman–Crippen LogP) is 4.81. The normalized spacial score (nSPS) is 11.9. The van der Waals surface area contributed by atoms with Gasteiger partial charge in [-0.2, -0.15) is 0 Å². The molecular formula is C18H27NO2. The van der Waals surface area contributed by atoms with Crippen LogP contribution < -0.4 is 5.32 Å². The second kappa shape index (κ2) is 7.87. The van der Waals surface area contributed by atoms with Crippen LogP contribution in [0.4, 0.5) is 5.69 Å². The third-order valence-electron chi connectivity index (χ3n) is 3.32. The minimum absolute atomic E-state index is 0.310. The van der Waals surface area contributed by atoms with Gasteiger partial charge in [0.1, 0.15) is 0 Å². The molecule has 1 rings (SSSR count). The first-order valence-corrected chi connectivity index (χ1v) is 7.61. The lowest BCUT2D eigenvalue weighted by molar-refractivity contribution is -0.137. The molecule has 0 unspecified atom stereocenters. The van der Waals surface area contributed by atoms with Crippen molar-refractivity contribution >= 4 is 11.7 Å². The number of anilines is 1. The molecule has 0 spiro atoms. The molecule has 0 aromatic heterocycles. The highest BCUT2D eigenvalue weighted by molar-refractivity contribution is 5.83. The van der Waals surface area contributed by atoms with E-state index in [0.29, 0.717) is 18.4 Å². The van der Waals surface area contributed by atoms with Crippen molar-refractivity contribution in [1.29, 1.82) is 0 Å². The topological polar surface area (TPSA) is 38.3 Å². The van der Waals surface area contributed by atoms with Gasteiger partial charge in [0.25, 0.3) is 0 Å². The second-order valence-corrected chi connectivity index (χ2v) is 5.83. The molecular weight excluding hydrogens is 262 g/mol. The maximum atomic E-state index is 11.5. The number of hydrogen-bond donors (Lipinski definition) is 1. The second-order valence-electron chi connectivity index (χ2n) is 5.83. The molecule has 0 saturated heterocycles. The molecule has 0 aliphatic carbocycles. The van der Waals surface area contributed by atoms with Crippen molar-refractivity contribution in [1.82, 2.24) is 0 Å². The summed E-state index contributed by atoms with van der Waals surface area (Å²) in [5, 5.41) is 3.39. The first-order valence-electron chi connectivity index (χ1n) is 7.61. The van der Waals surface area contributed by atoms with Crippen molar-refractivity contribution < 1.29 is 9.53 Å². The smallest absolute Gasteiger partial charge is 0.332 e. The SMILES string of the molecule is CCOC(=O)/C=C(/C)Nc1c(C(C)C)cccc1C(C)C. The molecule has 3 nitrogen and oxygen atoms in total. The van der Waals surface area contributed by atoms with Crippen LogP contribution in [0.25, 0.3) is 0 Å². The monoisotopic (exact) mass is 289 g/mol. The Morgan fingerprint density at radius 1 is 1.19 bits per heavy atom. The van der Waals surface area contributed by atoms with Gasteiger partial charge in [-0.15, -0.1) is 0 Å². The van der Waals surface area contributed by atoms with Crippen molar-refractivity contribution in [3.05, 3.63) is 41.1 Å². The van der Waals surface area contributed by atoms with Crippen LogP contribution in [0.3, 0.4) is 0 Å². The molecule has 0 aliphatic heterocycles. The Kier molecular flexibility index (Phi) is 6.47. The van der Waals surface area contributed by atoms with Gasteiger partial charge in [-0.25, -0.2) is 4.79 Å². The third kappa shape index (κ3) is 4.92. The number of rotatable bonds is 6. The lowest BCUT2D eigenvalue weighted by Crippen LogP contribution is -2.08. The average molecular weight is 289 g/mol. The van der Waals surface area contributed by atoms with Crippen LogP contribution in [-0.4, -0.2) is 12.6 Å². The summed E-state index contributed by atoms with van der Waals surface area (Å²) in [6.45, 7) is 12.8. The van der Waals surface area contributed by atoms with E-state index in [-0.39, 0.29) is 5.97 Å². The minimum atomic E-state index is -0.310. The van der Waals surface area contributed by atoms with E-state index < -0.39 is 0 Å². The van der Waals surface area contributed by atoms with E-state index in [1.54, 1.807) is 6.92 Å². The van der Waals surface area contributed by atoms with Gasteiger partial charge in [0, 0.05) is 17.5 Å². The fourth-order valence-electron chi connectivity index (χ4n) is 2.29. The quantitative estimate of drug-likeness (QED) is 0.603. The van der Waals surface area contributed by atoms with Crippen LogP contribution in [0, 0.1) is 0 Å². The fraction of sp³-hybridized carbons (Fsp3) is 0.500. The zero-order valence-electron chi connectivity index (χ0n) is 14.0. The van der Waals surface area contributed by atoms with Crippen LogP contribution in [0.1, 0.15) is 64.5 Å². The first kappa shape index (κ1) is 17.3. The maximum Gasteiger partial charge on any atom is 0.332 e. The third-order valence-corrected chi connectivity index (χ3v) is 3.32. The summed E-state index contributed by atoms with van der Waals surface area (Å²) in [6, 6.07) is 6.37. The van der Waals surface area contributed by atoms with Crippen molar-refractivity contribution in [3.63, 3.8) is 0 Å². The molecule has 0 aliphatic rings. The van der Waals surface area contributed by atoms with Crippen molar-refractivity contribution in [3.8, 4) is 0 Å². The zero-order valence-corrected chi connectivity index (χ0v) is 14.0. The van der Waals surface area contributed by atoms with Crippen LogP contribution in [0.2, 0.25) is 0 Å². The van der Waals surface area contributed by atoms with Gasteiger partial charge in [-0.1, -0.05) is 45.9 Å². The van der Waals surface area contributed by atoms with Crippen LogP contribution in [-0.2, 0) is 9.53 Å². The van der Waals surface area contributed by atoms with E-state index in [1.807, 2.05) is 6.92 Å². The van der Waals surface area contributed by atoms with E-state index >= 15 is 0 Å². The Morgan fingerprint density at radius 2 is 1.71 bits per heavy atom. The number of carbonyl (C=O) groups is 1. The van der Waals surface area contributed by atoms with E-state index in [0.717, 1.165) is 11.4 Å². The molecule has 1 N–H and O–H groups in total. The number of para-hydroxylation sites is 1. The van der Waals surface area contributed by atoms with Crippen LogP contribution in [0.15, 0.2) is 30.0 Å². The summed E-state index contributed by atoms with van der Waals surface area (Å²) in [5.41, 5.74) is 4.43. The zero-order chi connectivity index (χ0) is 16.0. The van der Waals surface area contributed by atoms with Gasteiger partial charge >= 0.3 is 5.97 Å². The predicted molar refractivity (Wildman–Crippen MR) is 88.6 cm³/mol. The van der Waals surface area contributed by atoms with Gasteiger partial charge in [0.15, 0.2) is 0 Å². The molecule has 1 aromatic rings. The molecule has 0 amide bonds. The lowest BCUT2D eigenvalue weighted by Gasteiger charge is -2.21. The van der Waals surface area contributed by atoms with E-state index in [2.05, 4.69) is 51.2 Å². The average Bonchev–Trinajstić information content (AvgIpc) is 2.38. The van der Waals surface area contributed by atoms with Gasteiger partial charge < -0.3 is 10.1 Å². The van der Waals surface area contributed by atoms with Crippen LogP contribution in [0.5, 0.6) is 0 Å². The van der Waals surface area contributed by atoms with Gasteiger partial charge in [-0.3, -0.25) is 0 Å². The van der Waals surface area contributed by atoms with E-state index in [9.17, 15) is 4.79 Å². The summed E-state index contributed by atoms with van der Waals surface area (Å²) in [5.74, 6) is 0.527. The molecule has 0 saturated carbocycles. The number of hydrogen-bond acceptors (Lipinski definition) is 3.